The number of amides is 1. The number of rotatable bonds is 2. The van der Waals surface area contributed by atoms with Gasteiger partial charge in [-0.2, -0.15) is 0 Å². The van der Waals surface area contributed by atoms with E-state index in [4.69, 9.17) is 4.74 Å². The maximum atomic E-state index is 11.9. The van der Waals surface area contributed by atoms with Gasteiger partial charge in [0.25, 0.3) is 0 Å². The lowest BCUT2D eigenvalue weighted by Gasteiger charge is -2.26. The Morgan fingerprint density at radius 2 is 1.89 bits per heavy atom. The van der Waals surface area contributed by atoms with E-state index in [9.17, 15) is 13.2 Å². The first kappa shape index (κ1) is 16.2. The number of hydrogen-bond donors (Lipinski definition) is 1. The second-order valence-corrected chi connectivity index (χ2v) is 7.77. The Hall–Kier alpha value is -0.820. The Labute approximate surface area is 115 Å². The van der Waals surface area contributed by atoms with Crippen molar-refractivity contribution in [3.63, 3.8) is 0 Å². The van der Waals surface area contributed by atoms with Gasteiger partial charge in [-0.05, 0) is 40.0 Å². The normalized spacial score (nSPS) is 21.9. The van der Waals surface area contributed by atoms with Crippen molar-refractivity contribution in [3.05, 3.63) is 0 Å². The summed E-state index contributed by atoms with van der Waals surface area (Å²) < 4.78 is 30.3. The van der Waals surface area contributed by atoms with Crippen molar-refractivity contribution in [1.82, 2.24) is 9.62 Å². The van der Waals surface area contributed by atoms with Crippen LogP contribution in [0.2, 0.25) is 0 Å². The van der Waals surface area contributed by atoms with Gasteiger partial charge < -0.3 is 9.64 Å². The highest BCUT2D eigenvalue weighted by atomic mass is 32.2. The van der Waals surface area contributed by atoms with Crippen LogP contribution in [0.1, 0.15) is 40.0 Å². The topological polar surface area (TPSA) is 75.7 Å². The molecule has 1 atom stereocenters. The van der Waals surface area contributed by atoms with E-state index in [-0.39, 0.29) is 12.1 Å². The molecule has 7 heteroatoms. The molecule has 112 valence electrons. The third-order valence-corrected chi connectivity index (χ3v) is 3.52. The zero-order valence-electron chi connectivity index (χ0n) is 12.1. The highest BCUT2D eigenvalue weighted by Crippen LogP contribution is 2.15. The number of hydrogen-bond acceptors (Lipinski definition) is 4. The van der Waals surface area contributed by atoms with Crippen LogP contribution in [0.3, 0.4) is 0 Å². The van der Waals surface area contributed by atoms with Gasteiger partial charge in [-0.3, -0.25) is 0 Å². The Balaban J connectivity index is 2.52. The number of carbonyl (C=O) groups is 1. The fraction of sp³-hybridized carbons (Fsp3) is 0.917. The van der Waals surface area contributed by atoms with Crippen LogP contribution in [0.5, 0.6) is 0 Å². The predicted molar refractivity (Wildman–Crippen MR) is 73.4 cm³/mol. The SMILES string of the molecule is CC(C)(C)OC(=O)N1CCC[C@H](NS(C)(=O)=O)CC1. The van der Waals surface area contributed by atoms with E-state index < -0.39 is 15.6 Å². The molecule has 1 aliphatic heterocycles. The molecule has 1 heterocycles. The average molecular weight is 292 g/mol. The fourth-order valence-electron chi connectivity index (χ4n) is 2.03. The largest absolute Gasteiger partial charge is 0.444 e. The molecular formula is C12H24N2O4S. The minimum absolute atomic E-state index is 0.0950. The van der Waals surface area contributed by atoms with Gasteiger partial charge >= 0.3 is 6.09 Å². The van der Waals surface area contributed by atoms with Crippen molar-refractivity contribution in [3.8, 4) is 0 Å². The first-order chi connectivity index (χ1) is 8.57. The molecule has 19 heavy (non-hydrogen) atoms. The van der Waals surface area contributed by atoms with Crippen LogP contribution in [0.25, 0.3) is 0 Å². The molecule has 0 saturated carbocycles. The number of carbonyl (C=O) groups excluding carboxylic acids is 1. The molecule has 0 aromatic heterocycles. The van der Waals surface area contributed by atoms with Gasteiger partial charge in [0, 0.05) is 19.1 Å². The summed E-state index contributed by atoms with van der Waals surface area (Å²) in [6, 6.07) is -0.0950. The second kappa shape index (κ2) is 6.09. The summed E-state index contributed by atoms with van der Waals surface area (Å²) in [5, 5.41) is 0. The lowest BCUT2D eigenvalue weighted by atomic mass is 10.1. The minimum atomic E-state index is -3.19. The van der Waals surface area contributed by atoms with Crippen LogP contribution in [0.15, 0.2) is 0 Å². The molecule has 1 fully saturated rings. The number of likely N-dealkylation sites (tertiary alicyclic amines) is 1. The third kappa shape index (κ3) is 6.77. The molecule has 1 saturated heterocycles. The van der Waals surface area contributed by atoms with Crippen molar-refractivity contribution < 1.29 is 17.9 Å². The Morgan fingerprint density at radius 1 is 1.26 bits per heavy atom. The molecule has 6 nitrogen and oxygen atoms in total. The number of nitrogens with one attached hydrogen (secondary N) is 1. The molecule has 1 aliphatic rings. The molecule has 1 rings (SSSR count). The molecule has 0 spiro atoms. The number of nitrogens with zero attached hydrogens (tertiary/aromatic N) is 1. The summed E-state index contributed by atoms with van der Waals surface area (Å²) >= 11 is 0. The summed E-state index contributed by atoms with van der Waals surface area (Å²) in [4.78, 5) is 13.6. The summed E-state index contributed by atoms with van der Waals surface area (Å²) in [5.74, 6) is 0. The van der Waals surface area contributed by atoms with Gasteiger partial charge in [-0.25, -0.2) is 17.9 Å². The third-order valence-electron chi connectivity index (χ3n) is 2.76. The summed E-state index contributed by atoms with van der Waals surface area (Å²) in [7, 11) is -3.19. The Morgan fingerprint density at radius 3 is 2.42 bits per heavy atom. The first-order valence-corrected chi connectivity index (χ1v) is 8.41. The van der Waals surface area contributed by atoms with Gasteiger partial charge in [-0.1, -0.05) is 0 Å². The molecule has 1 N–H and O–H groups in total. The van der Waals surface area contributed by atoms with E-state index in [2.05, 4.69) is 4.72 Å². The van der Waals surface area contributed by atoms with Crippen LogP contribution in [-0.4, -0.2) is 50.4 Å². The fourth-order valence-corrected chi connectivity index (χ4v) is 2.87. The number of ether oxygens (including phenoxy) is 1. The number of sulfonamides is 1. The molecule has 0 aromatic rings. The van der Waals surface area contributed by atoms with Crippen molar-refractivity contribution in [2.45, 2.75) is 51.7 Å². The maximum Gasteiger partial charge on any atom is 0.410 e. The van der Waals surface area contributed by atoms with Crippen LogP contribution >= 0.6 is 0 Å². The Bertz CT molecular complexity index is 414. The van der Waals surface area contributed by atoms with Gasteiger partial charge in [-0.15, -0.1) is 0 Å². The van der Waals surface area contributed by atoms with Crippen molar-refractivity contribution in [2.75, 3.05) is 19.3 Å². The molecule has 1 amide bonds. The molecular weight excluding hydrogens is 268 g/mol. The Kier molecular flexibility index (Phi) is 5.20. The van der Waals surface area contributed by atoms with Crippen LogP contribution in [0.4, 0.5) is 4.79 Å². The maximum absolute atomic E-state index is 11.9. The lowest BCUT2D eigenvalue weighted by Crippen LogP contribution is -2.38. The van der Waals surface area contributed by atoms with Gasteiger partial charge in [0.1, 0.15) is 5.60 Å². The van der Waals surface area contributed by atoms with Crippen molar-refractivity contribution in [2.24, 2.45) is 0 Å². The van der Waals surface area contributed by atoms with Gasteiger partial charge in [0.2, 0.25) is 10.0 Å². The van der Waals surface area contributed by atoms with Crippen molar-refractivity contribution in [1.29, 1.82) is 0 Å². The molecule has 0 bridgehead atoms. The summed E-state index contributed by atoms with van der Waals surface area (Å²) in [6.45, 7) is 6.61. The predicted octanol–water partition coefficient (Wildman–Crippen LogP) is 1.33. The van der Waals surface area contributed by atoms with E-state index in [1.54, 1.807) is 4.90 Å². The van der Waals surface area contributed by atoms with Crippen molar-refractivity contribution >= 4 is 16.1 Å². The van der Waals surface area contributed by atoms with Gasteiger partial charge in [0.15, 0.2) is 0 Å². The van der Waals surface area contributed by atoms with Crippen LogP contribution < -0.4 is 4.72 Å². The molecule has 0 aliphatic carbocycles. The minimum Gasteiger partial charge on any atom is -0.444 e. The smallest absolute Gasteiger partial charge is 0.410 e. The van der Waals surface area contributed by atoms with Crippen LogP contribution in [0, 0.1) is 0 Å². The zero-order valence-corrected chi connectivity index (χ0v) is 12.9. The summed E-state index contributed by atoms with van der Waals surface area (Å²) in [5.41, 5.74) is -0.506. The van der Waals surface area contributed by atoms with E-state index in [0.717, 1.165) is 19.1 Å². The standard InChI is InChI=1S/C12H24N2O4S/c1-12(2,3)18-11(15)14-8-5-6-10(7-9-14)13-19(4,16)17/h10,13H,5-9H2,1-4H3/t10-/m0/s1. The van der Waals surface area contributed by atoms with E-state index in [0.29, 0.717) is 19.5 Å². The summed E-state index contributed by atoms with van der Waals surface area (Å²) in [6.07, 6.45) is 2.96. The lowest BCUT2D eigenvalue weighted by molar-refractivity contribution is 0.0256. The van der Waals surface area contributed by atoms with E-state index in [1.807, 2.05) is 20.8 Å². The molecule has 0 unspecified atom stereocenters. The second-order valence-electron chi connectivity index (χ2n) is 5.99. The quantitative estimate of drug-likeness (QED) is 0.833. The molecule has 0 radical (unpaired) electrons. The highest BCUT2D eigenvalue weighted by Gasteiger charge is 2.25. The first-order valence-electron chi connectivity index (χ1n) is 6.52. The monoisotopic (exact) mass is 292 g/mol. The van der Waals surface area contributed by atoms with E-state index >= 15 is 0 Å². The highest BCUT2D eigenvalue weighted by molar-refractivity contribution is 7.88. The van der Waals surface area contributed by atoms with E-state index in [1.165, 1.54) is 0 Å². The average Bonchev–Trinajstić information content (AvgIpc) is 2.38. The van der Waals surface area contributed by atoms with Gasteiger partial charge in [0.05, 0.1) is 6.26 Å². The van der Waals surface area contributed by atoms with Crippen LogP contribution in [-0.2, 0) is 14.8 Å². The molecule has 0 aromatic carbocycles. The zero-order chi connectivity index (χ0) is 14.7.